The minimum atomic E-state index is -0.257. The lowest BCUT2D eigenvalue weighted by Gasteiger charge is -2.09. The van der Waals surface area contributed by atoms with Crippen molar-refractivity contribution in [2.24, 2.45) is 5.84 Å². The highest BCUT2D eigenvalue weighted by molar-refractivity contribution is 5.75. The number of hydrazine groups is 1. The molecule has 0 aliphatic rings. The summed E-state index contributed by atoms with van der Waals surface area (Å²) in [5, 5.41) is 0. The number of hydrogen-bond donors (Lipinski definition) is 2. The van der Waals surface area contributed by atoms with E-state index in [0.29, 0.717) is 165 Å². The fraction of sp³-hybridized carbons (Fsp3) is 0.978. The van der Waals surface area contributed by atoms with Gasteiger partial charge in [-0.1, -0.05) is 103 Å². The van der Waals surface area contributed by atoms with Gasteiger partial charge >= 0.3 is 0 Å². The van der Waals surface area contributed by atoms with Crippen LogP contribution in [-0.2, 0) is 66.4 Å². The minimum Gasteiger partial charge on any atom is -0.379 e. The van der Waals surface area contributed by atoms with Gasteiger partial charge in [0.05, 0.1) is 172 Å². The molecule has 0 saturated carbocycles. The predicted molar refractivity (Wildman–Crippen MR) is 237 cm³/mol. The third kappa shape index (κ3) is 56.9. The first-order valence-electron chi connectivity index (χ1n) is 23.8. The zero-order valence-electron chi connectivity index (χ0n) is 38.7. The van der Waals surface area contributed by atoms with Crippen molar-refractivity contribution < 1.29 is 66.4 Å². The Morgan fingerprint density at radius 1 is 0.279 bits per heavy atom. The molecule has 0 bridgehead atoms. The number of rotatable bonds is 56. The number of ether oxygens (including phenoxy) is 13. The predicted octanol–water partition coefficient (Wildman–Crippen LogP) is 5.84. The van der Waals surface area contributed by atoms with Crippen LogP contribution in [0.1, 0.15) is 116 Å². The Labute approximate surface area is 370 Å². The summed E-state index contributed by atoms with van der Waals surface area (Å²) in [6.45, 7) is 15.7. The summed E-state index contributed by atoms with van der Waals surface area (Å²) in [4.78, 5) is 10.9. The minimum absolute atomic E-state index is 0.231. The molecule has 0 aliphatic heterocycles. The van der Waals surface area contributed by atoms with Gasteiger partial charge in [0.1, 0.15) is 0 Å². The van der Waals surface area contributed by atoms with E-state index in [4.69, 9.17) is 67.4 Å². The first kappa shape index (κ1) is 59.9. The molecule has 16 nitrogen and oxygen atoms in total. The maximum Gasteiger partial charge on any atom is 0.236 e. The van der Waals surface area contributed by atoms with Crippen molar-refractivity contribution >= 4 is 5.91 Å². The van der Waals surface area contributed by atoms with Gasteiger partial charge < -0.3 is 61.6 Å². The summed E-state index contributed by atoms with van der Waals surface area (Å²) in [6, 6.07) is 0. The smallest absolute Gasteiger partial charge is 0.236 e. The van der Waals surface area contributed by atoms with Gasteiger partial charge in [-0.15, -0.1) is 0 Å². The summed E-state index contributed by atoms with van der Waals surface area (Å²) < 4.78 is 71.4. The van der Waals surface area contributed by atoms with E-state index >= 15 is 0 Å². The van der Waals surface area contributed by atoms with Crippen molar-refractivity contribution in [1.29, 1.82) is 0 Å². The van der Waals surface area contributed by atoms with Gasteiger partial charge in [-0.05, 0) is 6.42 Å². The number of carbonyl (C=O) groups excluding carboxylic acids is 1. The topological polar surface area (TPSA) is 175 Å². The molecule has 1 amide bonds. The molecule has 0 saturated heterocycles. The molecule has 366 valence electrons. The van der Waals surface area contributed by atoms with Crippen molar-refractivity contribution in [3.63, 3.8) is 0 Å². The van der Waals surface area contributed by atoms with Crippen molar-refractivity contribution in [2.75, 3.05) is 172 Å². The zero-order chi connectivity index (χ0) is 43.9. The molecule has 0 heterocycles. The van der Waals surface area contributed by atoms with Gasteiger partial charge in [-0.2, -0.15) is 0 Å². The molecule has 3 N–H and O–H groups in total. The molecule has 0 fully saturated rings. The Morgan fingerprint density at radius 2 is 0.459 bits per heavy atom. The largest absolute Gasteiger partial charge is 0.379 e. The summed E-state index contributed by atoms with van der Waals surface area (Å²) >= 11 is 0. The molecule has 16 heteroatoms. The molecule has 0 aliphatic carbocycles. The van der Waals surface area contributed by atoms with Crippen LogP contribution in [0.15, 0.2) is 0 Å². The van der Waals surface area contributed by atoms with Crippen LogP contribution in [0.25, 0.3) is 0 Å². The number of hydrogen-bond acceptors (Lipinski definition) is 15. The lowest BCUT2D eigenvalue weighted by atomic mass is 10.0. The molecule has 0 spiro atoms. The molecule has 0 rings (SSSR count). The van der Waals surface area contributed by atoms with Crippen molar-refractivity contribution in [3.8, 4) is 0 Å². The maximum atomic E-state index is 10.9. The van der Waals surface area contributed by atoms with E-state index in [9.17, 15) is 4.79 Å². The van der Waals surface area contributed by atoms with Gasteiger partial charge in [-0.3, -0.25) is 10.2 Å². The van der Waals surface area contributed by atoms with Gasteiger partial charge in [0.2, 0.25) is 5.91 Å². The Kier molecular flexibility index (Phi) is 55.9. The number of amides is 1. The third-order valence-corrected chi connectivity index (χ3v) is 9.24. The van der Waals surface area contributed by atoms with E-state index in [0.717, 1.165) is 13.0 Å². The summed E-state index contributed by atoms with van der Waals surface area (Å²) in [5.41, 5.74) is 2.05. The van der Waals surface area contributed by atoms with E-state index in [2.05, 4.69) is 6.92 Å². The van der Waals surface area contributed by atoms with Crippen LogP contribution >= 0.6 is 0 Å². The monoisotopic (exact) mass is 885 g/mol. The highest BCUT2D eigenvalue weighted by Gasteiger charge is 2.00. The molecular weight excluding hydrogens is 792 g/mol. The molecule has 61 heavy (non-hydrogen) atoms. The highest BCUT2D eigenvalue weighted by atomic mass is 16.6. The normalized spacial score (nSPS) is 11.6. The molecule has 0 radical (unpaired) electrons. The number of nitrogens with one attached hydrogen (secondary N) is 1. The maximum absolute atomic E-state index is 10.9. The summed E-state index contributed by atoms with van der Waals surface area (Å²) in [6.07, 6.45) is 22.4. The fourth-order valence-corrected chi connectivity index (χ4v) is 5.73. The number of unbranched alkanes of at least 4 members (excludes halogenated alkanes) is 15. The van der Waals surface area contributed by atoms with Gasteiger partial charge in [0, 0.05) is 6.61 Å². The number of carbonyl (C=O) groups is 1. The van der Waals surface area contributed by atoms with Crippen LogP contribution in [-0.4, -0.2) is 178 Å². The third-order valence-electron chi connectivity index (χ3n) is 9.24. The Balaban J connectivity index is 3.07. The first-order valence-corrected chi connectivity index (χ1v) is 23.8. The average molecular weight is 885 g/mol. The molecule has 0 aromatic carbocycles. The summed E-state index contributed by atoms with van der Waals surface area (Å²) in [7, 11) is 0. The first-order chi connectivity index (χ1) is 30.3. The Bertz CT molecular complexity index is 808. The fourth-order valence-electron chi connectivity index (χ4n) is 5.73. The highest BCUT2D eigenvalue weighted by Crippen LogP contribution is 2.13. The van der Waals surface area contributed by atoms with Crippen LogP contribution < -0.4 is 11.3 Å². The van der Waals surface area contributed by atoms with Crippen molar-refractivity contribution in [3.05, 3.63) is 0 Å². The van der Waals surface area contributed by atoms with Gasteiger partial charge in [0.25, 0.3) is 0 Å². The van der Waals surface area contributed by atoms with Gasteiger partial charge in [-0.25, -0.2) is 5.84 Å². The van der Waals surface area contributed by atoms with Crippen LogP contribution in [0.3, 0.4) is 0 Å². The van der Waals surface area contributed by atoms with Crippen molar-refractivity contribution in [1.82, 2.24) is 5.43 Å². The standard InChI is InChI=1S/C45H92N2O14/c1-2-3-4-5-6-7-8-9-10-11-12-13-14-15-16-17-19-49-21-23-51-25-27-53-29-31-55-33-35-57-37-39-59-41-43-61-44-42-60-40-38-58-36-34-56-32-30-54-28-26-52-24-22-50-20-18-45(48)47-46/h2-44,46H2,1H3,(H,47,48). The zero-order valence-corrected chi connectivity index (χ0v) is 38.7. The van der Waals surface area contributed by atoms with Crippen LogP contribution in [0, 0.1) is 0 Å². The Morgan fingerprint density at radius 3 is 0.672 bits per heavy atom. The van der Waals surface area contributed by atoms with Crippen LogP contribution in [0.4, 0.5) is 0 Å². The second-order valence-electron chi connectivity index (χ2n) is 14.6. The molecular formula is C45H92N2O14. The molecule has 0 aromatic rings. The SMILES string of the molecule is CCCCCCCCCCCCCCCCCCOCCOCCOCCOCCOCCOCCOCCOCCOCCOCCOCCOCCOCCC(=O)NN. The van der Waals surface area contributed by atoms with Crippen LogP contribution in [0.5, 0.6) is 0 Å². The Hall–Kier alpha value is -1.09. The van der Waals surface area contributed by atoms with E-state index in [1.165, 1.54) is 96.3 Å². The lowest BCUT2D eigenvalue weighted by molar-refractivity contribution is -0.122. The van der Waals surface area contributed by atoms with Crippen molar-refractivity contribution in [2.45, 2.75) is 116 Å². The van der Waals surface area contributed by atoms with Gasteiger partial charge in [0.15, 0.2) is 0 Å². The molecule has 0 atom stereocenters. The van der Waals surface area contributed by atoms with E-state index < -0.39 is 0 Å². The lowest BCUT2D eigenvalue weighted by Crippen LogP contribution is -2.30. The number of nitrogens with two attached hydrogens (primary N) is 1. The molecule has 0 unspecified atom stereocenters. The second kappa shape index (κ2) is 56.9. The second-order valence-corrected chi connectivity index (χ2v) is 14.6. The van der Waals surface area contributed by atoms with E-state index in [1.807, 2.05) is 5.43 Å². The van der Waals surface area contributed by atoms with Crippen LogP contribution in [0.2, 0.25) is 0 Å². The van der Waals surface area contributed by atoms with E-state index in [1.54, 1.807) is 0 Å². The molecule has 0 aromatic heterocycles. The average Bonchev–Trinajstić information content (AvgIpc) is 3.27. The quantitative estimate of drug-likeness (QED) is 0.0322. The summed E-state index contributed by atoms with van der Waals surface area (Å²) in [5.74, 6) is 4.73. The van der Waals surface area contributed by atoms with E-state index in [-0.39, 0.29) is 12.3 Å².